The van der Waals surface area contributed by atoms with Crippen molar-refractivity contribution in [3.8, 4) is 0 Å². The van der Waals surface area contributed by atoms with Crippen molar-refractivity contribution in [3.63, 3.8) is 0 Å². The van der Waals surface area contributed by atoms with Crippen LogP contribution in [0.5, 0.6) is 0 Å². The first-order valence-electron chi connectivity index (χ1n) is 6.22. The van der Waals surface area contributed by atoms with Gasteiger partial charge in [-0.05, 0) is 38.1 Å². The molecule has 1 unspecified atom stereocenters. The Labute approximate surface area is 92.8 Å². The molecule has 1 nitrogen and oxygen atoms in total. The summed E-state index contributed by atoms with van der Waals surface area (Å²) in [4.78, 5) is 2.38. The van der Waals surface area contributed by atoms with Crippen LogP contribution in [0.15, 0.2) is 0 Å². The van der Waals surface area contributed by atoms with Gasteiger partial charge < -0.3 is 4.90 Å². The molecule has 0 aliphatic heterocycles. The number of hydrogen-bond acceptors (Lipinski definition) is 1. The molecule has 0 spiro atoms. The zero-order chi connectivity index (χ0) is 10.8. The first kappa shape index (κ1) is 14.4. The Morgan fingerprint density at radius 3 is 1.50 bits per heavy atom. The van der Waals surface area contributed by atoms with Gasteiger partial charge in [0, 0.05) is 0 Å². The van der Waals surface area contributed by atoms with E-state index in [2.05, 4.69) is 34.9 Å². The molecule has 0 saturated heterocycles. The van der Waals surface area contributed by atoms with E-state index in [0.717, 1.165) is 5.66 Å². The number of nitrogens with zero attached hydrogens (tertiary/aromatic N) is 1. The van der Waals surface area contributed by atoms with Gasteiger partial charge >= 0.3 is 0 Å². The Bertz CT molecular complexity index is 101. The maximum absolute atomic E-state index is 2.91. The van der Waals surface area contributed by atoms with E-state index in [9.17, 15) is 0 Å². The highest BCUT2D eigenvalue weighted by atomic mass is 31.0. The van der Waals surface area contributed by atoms with Crippen LogP contribution in [-0.4, -0.2) is 30.2 Å². The fraction of sp³-hybridized carbons (Fsp3) is 1.00. The molecule has 1 rings (SSSR count). The first-order chi connectivity index (χ1) is 6.74. The lowest BCUT2D eigenvalue weighted by Gasteiger charge is -2.15. The number of hydrogen-bond donors (Lipinski definition) is 0. The van der Waals surface area contributed by atoms with Crippen LogP contribution in [-0.2, 0) is 0 Å². The van der Waals surface area contributed by atoms with E-state index in [-0.39, 0.29) is 0 Å². The molecule has 0 aromatic rings. The fourth-order valence-corrected chi connectivity index (χ4v) is 2.28. The molecule has 0 aromatic heterocycles. The Balaban J connectivity index is 0.000000241. The predicted octanol–water partition coefficient (Wildman–Crippen LogP) is 3.54. The van der Waals surface area contributed by atoms with Gasteiger partial charge in [0.2, 0.25) is 0 Å². The summed E-state index contributed by atoms with van der Waals surface area (Å²) in [7, 11) is 2.91. The van der Waals surface area contributed by atoms with Crippen molar-refractivity contribution in [1.82, 2.24) is 4.90 Å². The second-order valence-electron chi connectivity index (χ2n) is 4.02. The highest BCUT2D eigenvalue weighted by molar-refractivity contribution is 7.17. The maximum Gasteiger partial charge on any atom is -0.00474 e. The third-order valence-electron chi connectivity index (χ3n) is 2.99. The molecule has 86 valence electrons. The van der Waals surface area contributed by atoms with Crippen LogP contribution < -0.4 is 0 Å². The Hall–Kier alpha value is 0.390. The Morgan fingerprint density at radius 2 is 1.36 bits per heavy atom. The molecule has 0 amide bonds. The van der Waals surface area contributed by atoms with Crippen molar-refractivity contribution in [2.24, 2.45) is 0 Å². The standard InChI is InChI=1S/C6H15N.C6H13P/c1-4-7(5-2)6-3;7-6-4-2-1-3-5-6/h4-6H2,1-3H3;6H,1-5,7H2. The van der Waals surface area contributed by atoms with Crippen molar-refractivity contribution in [1.29, 1.82) is 0 Å². The van der Waals surface area contributed by atoms with E-state index in [1.807, 2.05) is 0 Å². The smallest absolute Gasteiger partial charge is 0.00474 e. The first-order valence-corrected chi connectivity index (χ1v) is 6.89. The summed E-state index contributed by atoms with van der Waals surface area (Å²) in [6.45, 7) is 10.1. The molecule has 1 aliphatic rings. The lowest BCUT2D eigenvalue weighted by molar-refractivity contribution is 0.321. The molecule has 2 heteroatoms. The lowest BCUT2D eigenvalue weighted by Crippen LogP contribution is -2.21. The minimum absolute atomic E-state index is 0.953. The highest BCUT2D eigenvalue weighted by Gasteiger charge is 2.06. The molecule has 1 aliphatic carbocycles. The Kier molecular flexibility index (Phi) is 10.2. The normalized spacial score (nSPS) is 17.8. The minimum atomic E-state index is 0.953. The summed E-state index contributed by atoms with van der Waals surface area (Å²) in [6.07, 6.45) is 7.31. The monoisotopic (exact) mass is 217 g/mol. The van der Waals surface area contributed by atoms with Gasteiger partial charge in [0.05, 0.1) is 0 Å². The summed E-state index contributed by atoms with van der Waals surface area (Å²) < 4.78 is 0. The van der Waals surface area contributed by atoms with Gasteiger partial charge in [0.15, 0.2) is 0 Å². The molecule has 0 bridgehead atoms. The van der Waals surface area contributed by atoms with Crippen LogP contribution in [0.4, 0.5) is 0 Å². The third kappa shape index (κ3) is 7.76. The second kappa shape index (κ2) is 9.93. The molecule has 0 aromatic carbocycles. The largest absolute Gasteiger partial charge is 0.304 e. The van der Waals surface area contributed by atoms with E-state index in [4.69, 9.17) is 0 Å². The van der Waals surface area contributed by atoms with Crippen molar-refractivity contribution in [2.45, 2.75) is 58.5 Å². The SMILES string of the molecule is CCN(CC)CC.PC1CCCCC1. The molecule has 0 N–H and O–H groups in total. The quantitative estimate of drug-likeness (QED) is 0.654. The van der Waals surface area contributed by atoms with Crippen molar-refractivity contribution in [3.05, 3.63) is 0 Å². The average molecular weight is 217 g/mol. The zero-order valence-corrected chi connectivity index (χ0v) is 11.4. The number of rotatable bonds is 3. The van der Waals surface area contributed by atoms with Crippen LogP contribution in [0.1, 0.15) is 52.9 Å². The maximum atomic E-state index is 2.91. The van der Waals surface area contributed by atoms with Crippen LogP contribution in [0.2, 0.25) is 0 Å². The lowest BCUT2D eigenvalue weighted by atomic mass is 10.0. The molecular weight excluding hydrogens is 189 g/mol. The summed E-state index contributed by atoms with van der Waals surface area (Å²) in [5.74, 6) is 0. The second-order valence-corrected chi connectivity index (χ2v) is 4.96. The van der Waals surface area contributed by atoms with E-state index >= 15 is 0 Å². The topological polar surface area (TPSA) is 3.24 Å². The highest BCUT2D eigenvalue weighted by Crippen LogP contribution is 2.23. The van der Waals surface area contributed by atoms with Gasteiger partial charge in [-0.15, -0.1) is 9.24 Å². The van der Waals surface area contributed by atoms with Gasteiger partial charge in [-0.1, -0.05) is 40.0 Å². The van der Waals surface area contributed by atoms with Gasteiger partial charge in [-0.25, -0.2) is 0 Å². The van der Waals surface area contributed by atoms with Crippen molar-refractivity contribution < 1.29 is 0 Å². The van der Waals surface area contributed by atoms with Gasteiger partial charge in [-0.2, -0.15) is 0 Å². The average Bonchev–Trinajstić information content (AvgIpc) is 2.22. The molecular formula is C12H28NP. The molecule has 0 radical (unpaired) electrons. The van der Waals surface area contributed by atoms with E-state index in [1.54, 1.807) is 0 Å². The van der Waals surface area contributed by atoms with Gasteiger partial charge in [-0.3, -0.25) is 0 Å². The molecule has 14 heavy (non-hydrogen) atoms. The summed E-state index contributed by atoms with van der Waals surface area (Å²) >= 11 is 0. The fourth-order valence-electron chi connectivity index (χ4n) is 1.80. The van der Waals surface area contributed by atoms with Crippen molar-refractivity contribution in [2.75, 3.05) is 19.6 Å². The molecule has 1 saturated carbocycles. The van der Waals surface area contributed by atoms with Gasteiger partial charge in [0.1, 0.15) is 0 Å². The molecule has 0 heterocycles. The summed E-state index contributed by atoms with van der Waals surface area (Å²) in [5.41, 5.74) is 0.953. The summed E-state index contributed by atoms with van der Waals surface area (Å²) in [6, 6.07) is 0. The van der Waals surface area contributed by atoms with E-state index < -0.39 is 0 Å². The molecule has 1 atom stereocenters. The zero-order valence-electron chi connectivity index (χ0n) is 10.3. The van der Waals surface area contributed by atoms with Crippen molar-refractivity contribution >= 4 is 9.24 Å². The molecule has 1 fully saturated rings. The van der Waals surface area contributed by atoms with E-state index in [1.165, 1.54) is 51.7 Å². The predicted molar refractivity (Wildman–Crippen MR) is 70.0 cm³/mol. The van der Waals surface area contributed by atoms with Gasteiger partial charge in [0.25, 0.3) is 0 Å². The van der Waals surface area contributed by atoms with Crippen LogP contribution in [0, 0.1) is 0 Å². The van der Waals surface area contributed by atoms with E-state index in [0.29, 0.717) is 0 Å². The van der Waals surface area contributed by atoms with Crippen LogP contribution in [0.3, 0.4) is 0 Å². The third-order valence-corrected chi connectivity index (χ3v) is 3.66. The van der Waals surface area contributed by atoms with Crippen LogP contribution >= 0.6 is 9.24 Å². The van der Waals surface area contributed by atoms with Crippen LogP contribution in [0.25, 0.3) is 0 Å². The Morgan fingerprint density at radius 1 is 0.929 bits per heavy atom. The minimum Gasteiger partial charge on any atom is -0.304 e. The summed E-state index contributed by atoms with van der Waals surface area (Å²) in [5, 5.41) is 0.